The molecular formula is C18H25NO5. The first kappa shape index (κ1) is 18.3. The molecule has 0 bridgehead atoms. The summed E-state index contributed by atoms with van der Waals surface area (Å²) in [7, 11) is 4.69. The number of carbonyl (C=O) groups excluding carboxylic acids is 1. The molecule has 0 radical (unpaired) electrons. The lowest BCUT2D eigenvalue weighted by Crippen LogP contribution is -2.45. The van der Waals surface area contributed by atoms with Crippen LogP contribution in [0.2, 0.25) is 0 Å². The number of benzene rings is 1. The van der Waals surface area contributed by atoms with Gasteiger partial charge in [-0.25, -0.2) is 4.79 Å². The maximum atomic E-state index is 12.8. The number of hydrogen-bond acceptors (Lipinski definition) is 6. The molecule has 132 valence electrons. The van der Waals surface area contributed by atoms with E-state index in [4.69, 9.17) is 18.9 Å². The van der Waals surface area contributed by atoms with Gasteiger partial charge in [-0.2, -0.15) is 0 Å². The zero-order chi connectivity index (χ0) is 17.4. The van der Waals surface area contributed by atoms with Crippen molar-refractivity contribution in [2.24, 2.45) is 0 Å². The largest absolute Gasteiger partial charge is 0.493 e. The van der Waals surface area contributed by atoms with Crippen LogP contribution in [0.5, 0.6) is 17.2 Å². The molecule has 0 aliphatic carbocycles. The maximum absolute atomic E-state index is 12.8. The minimum absolute atomic E-state index is 0.308. The fourth-order valence-corrected chi connectivity index (χ4v) is 2.71. The van der Waals surface area contributed by atoms with Gasteiger partial charge in [-0.05, 0) is 25.0 Å². The first-order chi connectivity index (χ1) is 11.7. The van der Waals surface area contributed by atoms with Crippen molar-refractivity contribution < 1.29 is 23.7 Å². The lowest BCUT2D eigenvalue weighted by molar-refractivity contribution is -0.141. The Morgan fingerprint density at radius 3 is 2.42 bits per heavy atom. The van der Waals surface area contributed by atoms with Gasteiger partial charge in [0.25, 0.3) is 0 Å². The number of nitrogens with zero attached hydrogens (tertiary/aromatic N) is 1. The standard InChI is InChI=1S/C18H25NO5/c1-21-13-10-14(19-11-5-4-6-12-19)18(20)24-17-15(22-2)8-7-9-16(17)23-3/h4-5,7-9,14H,6,10-13H2,1-3H3. The van der Waals surface area contributed by atoms with Gasteiger partial charge < -0.3 is 18.9 Å². The van der Waals surface area contributed by atoms with Crippen molar-refractivity contribution in [3.63, 3.8) is 0 Å². The first-order valence-corrected chi connectivity index (χ1v) is 8.02. The molecule has 6 heteroatoms. The van der Waals surface area contributed by atoms with Crippen LogP contribution in [-0.4, -0.2) is 57.9 Å². The minimum Gasteiger partial charge on any atom is -0.493 e. The van der Waals surface area contributed by atoms with Crippen LogP contribution in [0.15, 0.2) is 30.4 Å². The highest BCUT2D eigenvalue weighted by atomic mass is 16.6. The number of rotatable bonds is 8. The zero-order valence-electron chi connectivity index (χ0n) is 14.5. The van der Waals surface area contributed by atoms with Crippen molar-refractivity contribution in [3.8, 4) is 17.2 Å². The lowest BCUT2D eigenvalue weighted by atomic mass is 10.1. The van der Waals surface area contributed by atoms with E-state index in [2.05, 4.69) is 17.1 Å². The summed E-state index contributed by atoms with van der Waals surface area (Å²) in [6, 6.07) is 4.88. The second-order valence-corrected chi connectivity index (χ2v) is 5.47. The van der Waals surface area contributed by atoms with Crippen LogP contribution in [0.4, 0.5) is 0 Å². The van der Waals surface area contributed by atoms with Crippen molar-refractivity contribution in [2.45, 2.75) is 18.9 Å². The summed E-state index contributed by atoms with van der Waals surface area (Å²) in [5, 5.41) is 0. The summed E-state index contributed by atoms with van der Waals surface area (Å²) in [6.45, 7) is 2.04. The average molecular weight is 335 g/mol. The summed E-state index contributed by atoms with van der Waals surface area (Å²) in [5.41, 5.74) is 0. The van der Waals surface area contributed by atoms with Gasteiger partial charge in [-0.3, -0.25) is 4.90 Å². The van der Waals surface area contributed by atoms with E-state index in [0.717, 1.165) is 19.5 Å². The van der Waals surface area contributed by atoms with Gasteiger partial charge in [0.15, 0.2) is 11.5 Å². The Hall–Kier alpha value is -2.05. The summed E-state index contributed by atoms with van der Waals surface area (Å²) < 4.78 is 21.4. The number of esters is 1. The SMILES string of the molecule is COCCC(C(=O)Oc1c(OC)cccc1OC)N1CC=CCC1. The Morgan fingerprint density at radius 1 is 1.17 bits per heavy atom. The van der Waals surface area contributed by atoms with Crippen molar-refractivity contribution in [1.82, 2.24) is 4.90 Å². The van der Waals surface area contributed by atoms with E-state index >= 15 is 0 Å². The van der Waals surface area contributed by atoms with Crippen molar-refractivity contribution >= 4 is 5.97 Å². The highest BCUT2D eigenvalue weighted by molar-refractivity contribution is 5.80. The monoisotopic (exact) mass is 335 g/mol. The highest BCUT2D eigenvalue weighted by Crippen LogP contribution is 2.37. The molecule has 1 unspecified atom stereocenters. The van der Waals surface area contributed by atoms with Crippen LogP contribution < -0.4 is 14.2 Å². The quantitative estimate of drug-likeness (QED) is 0.413. The van der Waals surface area contributed by atoms with Gasteiger partial charge in [0.1, 0.15) is 6.04 Å². The normalized spacial score (nSPS) is 15.8. The third-order valence-corrected chi connectivity index (χ3v) is 3.98. The second-order valence-electron chi connectivity index (χ2n) is 5.47. The second kappa shape index (κ2) is 9.30. The molecule has 0 aromatic heterocycles. The van der Waals surface area contributed by atoms with E-state index in [1.807, 2.05) is 0 Å². The van der Waals surface area contributed by atoms with Gasteiger partial charge >= 0.3 is 5.97 Å². The maximum Gasteiger partial charge on any atom is 0.329 e. The van der Waals surface area contributed by atoms with E-state index in [1.54, 1.807) is 25.3 Å². The number of para-hydroxylation sites is 1. The van der Waals surface area contributed by atoms with Crippen LogP contribution in [0.3, 0.4) is 0 Å². The van der Waals surface area contributed by atoms with E-state index in [0.29, 0.717) is 30.3 Å². The van der Waals surface area contributed by atoms with E-state index in [1.165, 1.54) is 14.2 Å². The van der Waals surface area contributed by atoms with Gasteiger partial charge in [-0.15, -0.1) is 0 Å². The third kappa shape index (κ3) is 4.49. The predicted molar refractivity (Wildman–Crippen MR) is 90.8 cm³/mol. The molecule has 1 atom stereocenters. The molecule has 0 saturated carbocycles. The molecule has 1 heterocycles. The third-order valence-electron chi connectivity index (χ3n) is 3.98. The fraction of sp³-hybridized carbons (Fsp3) is 0.500. The molecule has 1 aromatic carbocycles. The van der Waals surface area contributed by atoms with E-state index in [-0.39, 0.29) is 12.0 Å². The Balaban J connectivity index is 2.19. The smallest absolute Gasteiger partial charge is 0.329 e. The van der Waals surface area contributed by atoms with Crippen LogP contribution in [0, 0.1) is 0 Å². The molecule has 0 N–H and O–H groups in total. The molecule has 24 heavy (non-hydrogen) atoms. The molecule has 2 rings (SSSR count). The van der Waals surface area contributed by atoms with Gasteiger partial charge in [0, 0.05) is 26.8 Å². The molecule has 0 amide bonds. The Kier molecular flexibility index (Phi) is 7.08. The number of ether oxygens (including phenoxy) is 4. The van der Waals surface area contributed by atoms with Crippen LogP contribution in [0.25, 0.3) is 0 Å². The summed E-state index contributed by atoms with van der Waals surface area (Å²) in [4.78, 5) is 14.9. The predicted octanol–water partition coefficient (Wildman–Crippen LogP) is 2.28. The molecular weight excluding hydrogens is 310 g/mol. The van der Waals surface area contributed by atoms with Gasteiger partial charge in [-0.1, -0.05) is 18.2 Å². The van der Waals surface area contributed by atoms with Crippen molar-refractivity contribution in [1.29, 1.82) is 0 Å². The molecule has 1 aliphatic rings. The molecule has 0 fully saturated rings. The molecule has 6 nitrogen and oxygen atoms in total. The Morgan fingerprint density at radius 2 is 1.88 bits per heavy atom. The van der Waals surface area contributed by atoms with Crippen molar-refractivity contribution in [3.05, 3.63) is 30.4 Å². The topological polar surface area (TPSA) is 57.2 Å². The fourth-order valence-electron chi connectivity index (χ4n) is 2.71. The summed E-state index contributed by atoms with van der Waals surface area (Å²) >= 11 is 0. The minimum atomic E-state index is -0.371. The van der Waals surface area contributed by atoms with Crippen LogP contribution >= 0.6 is 0 Å². The van der Waals surface area contributed by atoms with E-state index in [9.17, 15) is 4.79 Å². The molecule has 0 saturated heterocycles. The Labute approximate surface area is 142 Å². The summed E-state index contributed by atoms with van der Waals surface area (Å²) in [6.07, 6.45) is 5.69. The lowest BCUT2D eigenvalue weighted by Gasteiger charge is -2.30. The Bertz CT molecular complexity index is 550. The average Bonchev–Trinajstić information content (AvgIpc) is 2.63. The van der Waals surface area contributed by atoms with Crippen LogP contribution in [-0.2, 0) is 9.53 Å². The zero-order valence-corrected chi connectivity index (χ0v) is 14.5. The van der Waals surface area contributed by atoms with E-state index < -0.39 is 0 Å². The van der Waals surface area contributed by atoms with Gasteiger partial charge in [0.2, 0.25) is 5.75 Å². The summed E-state index contributed by atoms with van der Waals surface area (Å²) in [5.74, 6) is 0.908. The van der Waals surface area contributed by atoms with Gasteiger partial charge in [0.05, 0.1) is 14.2 Å². The molecule has 1 aliphatic heterocycles. The van der Waals surface area contributed by atoms with Crippen LogP contribution in [0.1, 0.15) is 12.8 Å². The molecule has 1 aromatic rings. The number of hydrogen-bond donors (Lipinski definition) is 0. The van der Waals surface area contributed by atoms with Crippen molar-refractivity contribution in [2.75, 3.05) is 41.0 Å². The first-order valence-electron chi connectivity index (χ1n) is 8.02. The number of carbonyl (C=O) groups is 1. The molecule has 0 spiro atoms. The highest BCUT2D eigenvalue weighted by Gasteiger charge is 2.29. The number of methoxy groups -OCH3 is 3.